The van der Waals surface area contributed by atoms with E-state index in [4.69, 9.17) is 4.74 Å². The predicted octanol–water partition coefficient (Wildman–Crippen LogP) is 6.02. The van der Waals surface area contributed by atoms with Crippen LogP contribution in [-0.4, -0.2) is 24.7 Å². The largest absolute Gasteiger partial charge is 0.495 e. The number of dihydropyridines is 1. The number of hydrogen-bond acceptors (Lipinski definition) is 6. The van der Waals surface area contributed by atoms with E-state index in [0.29, 0.717) is 33.3 Å². The van der Waals surface area contributed by atoms with Gasteiger partial charge in [0.05, 0.1) is 41.1 Å². The van der Waals surface area contributed by atoms with Crippen LogP contribution in [0.15, 0.2) is 94.7 Å². The van der Waals surface area contributed by atoms with Crippen LogP contribution in [0.2, 0.25) is 0 Å². The average molecular weight is 539 g/mol. The van der Waals surface area contributed by atoms with Gasteiger partial charge < -0.3 is 20.7 Å². The Kier molecular flexibility index (Phi) is 8.74. The van der Waals surface area contributed by atoms with E-state index in [1.807, 2.05) is 74.5 Å². The van der Waals surface area contributed by atoms with Gasteiger partial charge in [0.15, 0.2) is 0 Å². The molecule has 0 aromatic heterocycles. The number of nitriles is 1. The molecule has 39 heavy (non-hydrogen) atoms. The van der Waals surface area contributed by atoms with Crippen LogP contribution in [-0.2, 0) is 9.59 Å². The molecule has 0 aliphatic carbocycles. The Hall–Kier alpha value is -4.48. The molecule has 198 valence electrons. The van der Waals surface area contributed by atoms with Crippen molar-refractivity contribution in [1.29, 1.82) is 5.26 Å². The highest BCUT2D eigenvalue weighted by atomic mass is 32.2. The first-order valence-corrected chi connectivity index (χ1v) is 13.4. The van der Waals surface area contributed by atoms with Crippen molar-refractivity contribution >= 4 is 35.0 Å². The third-order valence-electron chi connectivity index (χ3n) is 6.39. The molecule has 1 heterocycles. The maximum absolute atomic E-state index is 13.7. The van der Waals surface area contributed by atoms with Gasteiger partial charge in [-0.15, -0.1) is 0 Å². The smallest absolute Gasteiger partial charge is 0.254 e. The number of para-hydroxylation sites is 2. The Bertz CT molecular complexity index is 1510. The molecule has 0 radical (unpaired) electrons. The van der Waals surface area contributed by atoms with E-state index >= 15 is 0 Å². The SMILES string of the molecule is COc1ccccc1NC(=O)C1=C(C)NC(SCC(=O)Nc2cc(C)ccc2C)=C(C#N)[C@@H]1c1ccccc1. The standard InChI is InChI=1S/C31H30N4O3S/c1-19-14-15-20(2)25(16-19)34-27(36)18-39-31-23(17-32)29(22-10-6-5-7-11-22)28(21(3)33-31)30(37)35-24-12-8-9-13-26(24)38-4/h5-16,29,33H,18H2,1-4H3,(H,34,36)(H,35,37)/t29-/m0/s1. The molecule has 1 atom stereocenters. The molecule has 1 aliphatic heterocycles. The second-order valence-electron chi connectivity index (χ2n) is 9.17. The zero-order valence-electron chi connectivity index (χ0n) is 22.3. The Morgan fingerprint density at radius 3 is 2.41 bits per heavy atom. The molecule has 0 fully saturated rings. The highest BCUT2D eigenvalue weighted by Gasteiger charge is 2.35. The van der Waals surface area contributed by atoms with Crippen LogP contribution in [0.4, 0.5) is 11.4 Å². The topological polar surface area (TPSA) is 103 Å². The molecule has 3 aromatic rings. The van der Waals surface area contributed by atoms with E-state index in [1.165, 1.54) is 11.8 Å². The van der Waals surface area contributed by atoms with Crippen molar-refractivity contribution in [1.82, 2.24) is 5.32 Å². The molecule has 0 saturated heterocycles. The molecule has 3 N–H and O–H groups in total. The summed E-state index contributed by atoms with van der Waals surface area (Å²) in [5.74, 6) is -0.512. The summed E-state index contributed by atoms with van der Waals surface area (Å²) in [6.07, 6.45) is 0. The van der Waals surface area contributed by atoms with Crippen molar-refractivity contribution in [3.63, 3.8) is 0 Å². The second kappa shape index (κ2) is 12.4. The molecule has 0 saturated carbocycles. The van der Waals surface area contributed by atoms with Crippen molar-refractivity contribution in [2.75, 3.05) is 23.5 Å². The number of aryl methyl sites for hydroxylation is 2. The Morgan fingerprint density at radius 2 is 1.69 bits per heavy atom. The monoisotopic (exact) mass is 538 g/mol. The summed E-state index contributed by atoms with van der Waals surface area (Å²) in [6, 6.07) is 24.8. The fraction of sp³-hybridized carbons (Fsp3) is 0.194. The number of thioether (sulfide) groups is 1. The summed E-state index contributed by atoms with van der Waals surface area (Å²) in [7, 11) is 1.54. The molecular weight excluding hydrogens is 508 g/mol. The third-order valence-corrected chi connectivity index (χ3v) is 7.41. The van der Waals surface area contributed by atoms with Crippen molar-refractivity contribution < 1.29 is 14.3 Å². The van der Waals surface area contributed by atoms with Crippen LogP contribution in [0.1, 0.15) is 29.5 Å². The molecule has 7 nitrogen and oxygen atoms in total. The van der Waals surface area contributed by atoms with E-state index in [2.05, 4.69) is 22.0 Å². The van der Waals surface area contributed by atoms with Crippen molar-refractivity contribution in [2.24, 2.45) is 0 Å². The number of allylic oxidation sites excluding steroid dienone is 2. The highest BCUT2D eigenvalue weighted by molar-refractivity contribution is 8.03. The Morgan fingerprint density at radius 1 is 0.974 bits per heavy atom. The summed E-state index contributed by atoms with van der Waals surface area (Å²) in [5.41, 5.74) is 5.53. The summed E-state index contributed by atoms with van der Waals surface area (Å²) < 4.78 is 5.39. The van der Waals surface area contributed by atoms with Crippen LogP contribution >= 0.6 is 11.8 Å². The first kappa shape index (κ1) is 27.6. The van der Waals surface area contributed by atoms with Gasteiger partial charge in [-0.3, -0.25) is 9.59 Å². The summed E-state index contributed by atoms with van der Waals surface area (Å²) >= 11 is 1.24. The van der Waals surface area contributed by atoms with Crippen molar-refractivity contribution in [3.8, 4) is 11.8 Å². The quantitative estimate of drug-likeness (QED) is 0.324. The van der Waals surface area contributed by atoms with Gasteiger partial charge in [-0.1, -0.05) is 66.4 Å². The minimum atomic E-state index is -0.614. The predicted molar refractivity (Wildman–Crippen MR) is 156 cm³/mol. The molecule has 1 aliphatic rings. The third kappa shape index (κ3) is 6.33. The number of methoxy groups -OCH3 is 1. The van der Waals surface area contributed by atoms with Crippen LogP contribution in [0.25, 0.3) is 0 Å². The number of nitrogens with one attached hydrogen (secondary N) is 3. The lowest BCUT2D eigenvalue weighted by Gasteiger charge is -2.30. The first-order chi connectivity index (χ1) is 18.8. The van der Waals surface area contributed by atoms with Gasteiger partial charge in [0, 0.05) is 17.0 Å². The Balaban J connectivity index is 1.62. The number of hydrogen-bond donors (Lipinski definition) is 3. The fourth-order valence-corrected chi connectivity index (χ4v) is 5.33. The van der Waals surface area contributed by atoms with E-state index in [-0.39, 0.29) is 17.6 Å². The summed E-state index contributed by atoms with van der Waals surface area (Å²) in [6.45, 7) is 5.72. The number of ether oxygens (including phenoxy) is 1. The lowest BCUT2D eigenvalue weighted by molar-refractivity contribution is -0.114. The number of benzene rings is 3. The number of anilines is 2. The molecule has 0 spiro atoms. The fourth-order valence-electron chi connectivity index (χ4n) is 4.44. The molecule has 8 heteroatoms. The van der Waals surface area contributed by atoms with Crippen molar-refractivity contribution in [2.45, 2.75) is 26.7 Å². The maximum Gasteiger partial charge on any atom is 0.254 e. The number of carbonyl (C=O) groups is 2. The minimum Gasteiger partial charge on any atom is -0.495 e. The average Bonchev–Trinajstić information content (AvgIpc) is 2.94. The van der Waals surface area contributed by atoms with Crippen LogP contribution in [0.5, 0.6) is 5.75 Å². The lowest BCUT2D eigenvalue weighted by atomic mass is 9.82. The van der Waals surface area contributed by atoms with Crippen LogP contribution in [0, 0.1) is 25.2 Å². The van der Waals surface area contributed by atoms with E-state index in [9.17, 15) is 14.9 Å². The summed E-state index contributed by atoms with van der Waals surface area (Å²) in [5, 5.41) is 20.0. The lowest BCUT2D eigenvalue weighted by Crippen LogP contribution is -2.31. The van der Waals surface area contributed by atoms with Gasteiger partial charge in [0.2, 0.25) is 5.91 Å². The number of nitrogens with zero attached hydrogens (tertiary/aromatic N) is 1. The molecule has 3 aromatic carbocycles. The van der Waals surface area contributed by atoms with E-state index in [0.717, 1.165) is 22.4 Å². The molecule has 4 rings (SSSR count). The minimum absolute atomic E-state index is 0.0957. The zero-order chi connectivity index (χ0) is 27.9. The van der Waals surface area contributed by atoms with Gasteiger partial charge in [-0.25, -0.2) is 0 Å². The maximum atomic E-state index is 13.7. The summed E-state index contributed by atoms with van der Waals surface area (Å²) in [4.78, 5) is 26.5. The van der Waals surface area contributed by atoms with Crippen LogP contribution < -0.4 is 20.7 Å². The second-order valence-corrected chi connectivity index (χ2v) is 10.2. The normalized spacial score (nSPS) is 14.8. The molecule has 2 amide bonds. The number of rotatable bonds is 8. The number of carbonyl (C=O) groups excluding carboxylic acids is 2. The van der Waals surface area contributed by atoms with Crippen LogP contribution in [0.3, 0.4) is 0 Å². The first-order valence-electron chi connectivity index (χ1n) is 12.4. The molecular formula is C31H30N4O3S. The highest BCUT2D eigenvalue weighted by Crippen LogP contribution is 2.41. The zero-order valence-corrected chi connectivity index (χ0v) is 23.1. The molecule has 0 unspecified atom stereocenters. The van der Waals surface area contributed by atoms with Crippen molar-refractivity contribution in [3.05, 3.63) is 111 Å². The van der Waals surface area contributed by atoms with Gasteiger partial charge in [-0.2, -0.15) is 5.26 Å². The molecule has 0 bridgehead atoms. The Labute approximate surface area is 233 Å². The van der Waals surface area contributed by atoms with Gasteiger partial charge in [-0.05, 0) is 55.7 Å². The van der Waals surface area contributed by atoms with Gasteiger partial charge >= 0.3 is 0 Å². The van der Waals surface area contributed by atoms with E-state index in [1.54, 1.807) is 26.2 Å². The van der Waals surface area contributed by atoms with E-state index < -0.39 is 5.92 Å². The van der Waals surface area contributed by atoms with Gasteiger partial charge in [0.25, 0.3) is 5.91 Å². The van der Waals surface area contributed by atoms with Gasteiger partial charge in [0.1, 0.15) is 5.75 Å². The number of amides is 2.